The molecule has 29 heavy (non-hydrogen) atoms. The number of ether oxygens (including phenoxy) is 2. The number of methoxy groups -OCH3 is 1. The lowest BCUT2D eigenvalue weighted by Crippen LogP contribution is -2.26. The van der Waals surface area contributed by atoms with Crippen molar-refractivity contribution in [2.24, 2.45) is 0 Å². The van der Waals surface area contributed by atoms with Gasteiger partial charge in [-0.3, -0.25) is 0 Å². The van der Waals surface area contributed by atoms with E-state index in [-0.39, 0.29) is 13.2 Å². The minimum Gasteiger partial charge on any atom is -0.497 e. The molecule has 0 saturated heterocycles. The first-order valence-electron chi connectivity index (χ1n) is 9.42. The first-order chi connectivity index (χ1) is 14.0. The summed E-state index contributed by atoms with van der Waals surface area (Å²) in [6.07, 6.45) is -1.06. The second kappa shape index (κ2) is 9.14. The summed E-state index contributed by atoms with van der Waals surface area (Å²) in [4.78, 5) is 10.5. The normalized spacial score (nSPS) is 10.8. The van der Waals surface area contributed by atoms with Crippen LogP contribution < -0.4 is 14.8 Å². The van der Waals surface area contributed by atoms with Crippen molar-refractivity contribution in [1.82, 2.24) is 15.1 Å². The fourth-order valence-electron chi connectivity index (χ4n) is 2.86. The lowest BCUT2D eigenvalue weighted by Gasteiger charge is -2.10. The molecule has 0 aliphatic heterocycles. The summed E-state index contributed by atoms with van der Waals surface area (Å²) in [7, 11) is 1.65. The number of carbonyl (C=O) groups is 1. The highest BCUT2D eigenvalue weighted by Gasteiger charge is 2.14. The molecular formula is C22H25N3O4. The molecule has 0 radical (unpaired) electrons. The third-order valence-corrected chi connectivity index (χ3v) is 4.43. The molecular weight excluding hydrogens is 370 g/mol. The van der Waals surface area contributed by atoms with Gasteiger partial charge in [0.05, 0.1) is 30.7 Å². The summed E-state index contributed by atoms with van der Waals surface area (Å²) in [5.74, 6) is 1.78. The molecule has 1 amide bonds. The zero-order valence-corrected chi connectivity index (χ0v) is 16.8. The summed E-state index contributed by atoms with van der Waals surface area (Å²) in [6, 6.07) is 17.6. The van der Waals surface area contributed by atoms with Crippen LogP contribution in [0.1, 0.15) is 25.5 Å². The van der Waals surface area contributed by atoms with Gasteiger partial charge in [0.1, 0.15) is 18.1 Å². The number of amides is 1. The van der Waals surface area contributed by atoms with Gasteiger partial charge in [-0.1, -0.05) is 13.8 Å². The first kappa shape index (κ1) is 20.3. The predicted molar refractivity (Wildman–Crippen MR) is 111 cm³/mol. The Morgan fingerprint density at radius 3 is 2.34 bits per heavy atom. The SMILES string of the molecule is COc1ccc(-n2nc(C(C)C)cc2-c2ccc(OCCNC(=O)O)cc2)cc1. The highest BCUT2D eigenvalue weighted by molar-refractivity contribution is 5.64. The molecule has 7 nitrogen and oxygen atoms in total. The number of carboxylic acid groups (broad SMARTS) is 1. The zero-order valence-electron chi connectivity index (χ0n) is 16.8. The molecule has 2 aromatic carbocycles. The Labute approximate surface area is 169 Å². The minimum atomic E-state index is -1.06. The molecule has 2 N–H and O–H groups in total. The van der Waals surface area contributed by atoms with Gasteiger partial charge in [-0.2, -0.15) is 5.10 Å². The van der Waals surface area contributed by atoms with E-state index in [2.05, 4.69) is 25.2 Å². The molecule has 0 aliphatic carbocycles. The maximum Gasteiger partial charge on any atom is 0.404 e. The van der Waals surface area contributed by atoms with Crippen LogP contribution in [-0.2, 0) is 0 Å². The van der Waals surface area contributed by atoms with Crippen LogP contribution in [0.3, 0.4) is 0 Å². The van der Waals surface area contributed by atoms with Gasteiger partial charge in [-0.15, -0.1) is 0 Å². The van der Waals surface area contributed by atoms with Crippen LogP contribution in [0.2, 0.25) is 0 Å². The van der Waals surface area contributed by atoms with Gasteiger partial charge in [-0.05, 0) is 60.5 Å². The fourth-order valence-corrected chi connectivity index (χ4v) is 2.86. The highest BCUT2D eigenvalue weighted by atomic mass is 16.5. The monoisotopic (exact) mass is 395 g/mol. The fraction of sp³-hybridized carbons (Fsp3) is 0.273. The lowest BCUT2D eigenvalue weighted by atomic mass is 10.1. The molecule has 0 fully saturated rings. The number of rotatable bonds is 8. The maximum atomic E-state index is 10.5. The van der Waals surface area contributed by atoms with Gasteiger partial charge in [0.2, 0.25) is 0 Å². The van der Waals surface area contributed by atoms with Gasteiger partial charge in [-0.25, -0.2) is 9.48 Å². The molecule has 0 atom stereocenters. The quantitative estimate of drug-likeness (QED) is 0.555. The van der Waals surface area contributed by atoms with E-state index < -0.39 is 6.09 Å². The predicted octanol–water partition coefficient (Wildman–Crippen LogP) is 4.32. The third kappa shape index (κ3) is 5.07. The number of nitrogens with zero attached hydrogens (tertiary/aromatic N) is 2. The number of nitrogens with one attached hydrogen (secondary N) is 1. The van der Waals surface area contributed by atoms with E-state index in [1.54, 1.807) is 7.11 Å². The van der Waals surface area contributed by atoms with Crippen molar-refractivity contribution in [2.75, 3.05) is 20.3 Å². The van der Waals surface area contributed by atoms with Gasteiger partial charge in [0.25, 0.3) is 0 Å². The molecule has 0 spiro atoms. The van der Waals surface area contributed by atoms with E-state index in [1.807, 2.05) is 53.2 Å². The maximum absolute atomic E-state index is 10.5. The van der Waals surface area contributed by atoms with Crippen molar-refractivity contribution in [2.45, 2.75) is 19.8 Å². The molecule has 0 bridgehead atoms. The smallest absolute Gasteiger partial charge is 0.404 e. The average Bonchev–Trinajstić information content (AvgIpc) is 3.17. The van der Waals surface area contributed by atoms with Gasteiger partial charge < -0.3 is 19.9 Å². The van der Waals surface area contributed by atoms with Crippen LogP contribution in [0, 0.1) is 0 Å². The standard InChI is InChI=1S/C22H25N3O4/c1-15(2)20-14-21(25(24-20)17-6-10-18(28-3)11-7-17)16-4-8-19(9-5-16)29-13-12-23-22(26)27/h4-11,14-15,23H,12-13H2,1-3H3,(H,26,27). The van der Waals surface area contributed by atoms with Crippen molar-refractivity contribution in [3.8, 4) is 28.4 Å². The Balaban J connectivity index is 1.84. The third-order valence-electron chi connectivity index (χ3n) is 4.43. The summed E-state index contributed by atoms with van der Waals surface area (Å²) < 4.78 is 12.8. The van der Waals surface area contributed by atoms with Crippen molar-refractivity contribution in [3.63, 3.8) is 0 Å². The van der Waals surface area contributed by atoms with Crippen molar-refractivity contribution < 1.29 is 19.4 Å². The molecule has 152 valence electrons. The van der Waals surface area contributed by atoms with Crippen LogP contribution >= 0.6 is 0 Å². The van der Waals surface area contributed by atoms with E-state index in [1.165, 1.54) is 0 Å². The average molecular weight is 395 g/mol. The number of hydrogen-bond acceptors (Lipinski definition) is 4. The summed E-state index contributed by atoms with van der Waals surface area (Å²) in [6.45, 7) is 4.74. The summed E-state index contributed by atoms with van der Waals surface area (Å²) >= 11 is 0. The molecule has 0 saturated carbocycles. The Kier molecular flexibility index (Phi) is 6.39. The largest absolute Gasteiger partial charge is 0.497 e. The Morgan fingerprint density at radius 1 is 1.10 bits per heavy atom. The second-order valence-electron chi connectivity index (χ2n) is 6.82. The number of benzene rings is 2. The van der Waals surface area contributed by atoms with Crippen LogP contribution in [-0.4, -0.2) is 41.2 Å². The van der Waals surface area contributed by atoms with Crippen LogP contribution in [0.15, 0.2) is 54.6 Å². The number of aromatic nitrogens is 2. The molecule has 3 aromatic rings. The highest BCUT2D eigenvalue weighted by Crippen LogP contribution is 2.29. The van der Waals surface area contributed by atoms with Crippen molar-refractivity contribution >= 4 is 6.09 Å². The van der Waals surface area contributed by atoms with Gasteiger partial charge in [0.15, 0.2) is 0 Å². The van der Waals surface area contributed by atoms with E-state index in [0.717, 1.165) is 28.4 Å². The second-order valence-corrected chi connectivity index (χ2v) is 6.82. The van der Waals surface area contributed by atoms with E-state index in [9.17, 15) is 4.79 Å². The molecule has 1 aromatic heterocycles. The molecule has 3 rings (SSSR count). The van der Waals surface area contributed by atoms with Gasteiger partial charge in [0, 0.05) is 5.56 Å². The van der Waals surface area contributed by atoms with E-state index in [0.29, 0.717) is 11.7 Å². The number of hydrogen-bond donors (Lipinski definition) is 2. The van der Waals surface area contributed by atoms with E-state index in [4.69, 9.17) is 19.7 Å². The van der Waals surface area contributed by atoms with Crippen molar-refractivity contribution in [1.29, 1.82) is 0 Å². The molecule has 7 heteroatoms. The van der Waals surface area contributed by atoms with Crippen LogP contribution in [0.4, 0.5) is 4.79 Å². The van der Waals surface area contributed by atoms with E-state index >= 15 is 0 Å². The zero-order chi connectivity index (χ0) is 20.8. The summed E-state index contributed by atoms with van der Waals surface area (Å²) in [5.41, 5.74) is 3.96. The summed E-state index contributed by atoms with van der Waals surface area (Å²) in [5, 5.41) is 15.6. The van der Waals surface area contributed by atoms with Gasteiger partial charge >= 0.3 is 6.09 Å². The Morgan fingerprint density at radius 2 is 1.76 bits per heavy atom. The topological polar surface area (TPSA) is 85.6 Å². The lowest BCUT2D eigenvalue weighted by molar-refractivity contribution is 0.191. The first-order valence-corrected chi connectivity index (χ1v) is 9.42. The molecule has 0 aliphatic rings. The molecule has 0 unspecified atom stereocenters. The Hall–Kier alpha value is -3.48. The van der Waals surface area contributed by atoms with Crippen LogP contribution in [0.5, 0.6) is 11.5 Å². The molecule has 1 heterocycles. The Bertz CT molecular complexity index is 947. The van der Waals surface area contributed by atoms with Crippen LogP contribution in [0.25, 0.3) is 16.9 Å². The minimum absolute atomic E-state index is 0.235. The van der Waals surface area contributed by atoms with Crippen molar-refractivity contribution in [3.05, 3.63) is 60.3 Å².